The number of rotatable bonds is 6. The molecule has 126 valence electrons. The summed E-state index contributed by atoms with van der Waals surface area (Å²) in [4.78, 5) is 11.6. The average Bonchev–Trinajstić information content (AvgIpc) is 3.00. The van der Waals surface area contributed by atoms with E-state index in [9.17, 15) is 4.79 Å². The topological polar surface area (TPSA) is 56.2 Å². The molecule has 1 aromatic carbocycles. The molecule has 1 amide bonds. The monoisotopic (exact) mass is 325 g/mol. The van der Waals surface area contributed by atoms with Crippen LogP contribution in [-0.2, 0) is 17.9 Å². The third-order valence-corrected chi connectivity index (χ3v) is 3.15. The lowest BCUT2D eigenvalue weighted by atomic mass is 10.2. The Hall–Kier alpha value is -2.74. The van der Waals surface area contributed by atoms with Crippen molar-refractivity contribution in [1.82, 2.24) is 15.1 Å². The lowest BCUT2D eigenvalue weighted by molar-refractivity contribution is 0.140. The van der Waals surface area contributed by atoms with Crippen LogP contribution in [0.5, 0.6) is 0 Å². The van der Waals surface area contributed by atoms with Gasteiger partial charge in [0.15, 0.2) is 0 Å². The number of ether oxygens (including phenoxy) is 1. The maximum Gasteiger partial charge on any atom is 0.407 e. The van der Waals surface area contributed by atoms with Gasteiger partial charge in [-0.2, -0.15) is 5.10 Å². The first-order chi connectivity index (χ1) is 11.6. The minimum atomic E-state index is -0.426. The molecule has 0 bridgehead atoms. The van der Waals surface area contributed by atoms with Crippen LogP contribution < -0.4 is 5.32 Å². The van der Waals surface area contributed by atoms with Gasteiger partial charge in [-0.15, -0.1) is 0 Å². The highest BCUT2D eigenvalue weighted by Gasteiger charge is 2.01. The molecule has 2 rings (SSSR count). The van der Waals surface area contributed by atoms with E-state index in [-0.39, 0.29) is 6.61 Å². The van der Waals surface area contributed by atoms with E-state index in [0.29, 0.717) is 18.9 Å². The van der Waals surface area contributed by atoms with Crippen molar-refractivity contribution in [2.75, 3.05) is 6.54 Å². The van der Waals surface area contributed by atoms with E-state index >= 15 is 0 Å². The van der Waals surface area contributed by atoms with E-state index in [1.54, 1.807) is 6.20 Å². The summed E-state index contributed by atoms with van der Waals surface area (Å²) in [6, 6.07) is 9.58. The van der Waals surface area contributed by atoms with E-state index in [4.69, 9.17) is 4.74 Å². The zero-order valence-electron chi connectivity index (χ0n) is 14.2. The van der Waals surface area contributed by atoms with E-state index < -0.39 is 6.09 Å². The smallest absolute Gasteiger partial charge is 0.407 e. The van der Waals surface area contributed by atoms with Crippen LogP contribution in [-0.4, -0.2) is 22.4 Å². The lowest BCUT2D eigenvalue weighted by Crippen LogP contribution is -2.24. The Balaban J connectivity index is 1.64. The van der Waals surface area contributed by atoms with Crippen molar-refractivity contribution in [3.05, 3.63) is 53.9 Å². The molecule has 0 saturated heterocycles. The summed E-state index contributed by atoms with van der Waals surface area (Å²) in [5.41, 5.74) is 1.85. The summed E-state index contributed by atoms with van der Waals surface area (Å²) in [7, 11) is 0. The Labute approximate surface area is 143 Å². The predicted molar refractivity (Wildman–Crippen MR) is 93.2 cm³/mol. The van der Waals surface area contributed by atoms with Gasteiger partial charge in [-0.05, 0) is 11.5 Å². The summed E-state index contributed by atoms with van der Waals surface area (Å²) in [6.07, 6.45) is 3.84. The summed E-state index contributed by atoms with van der Waals surface area (Å²) in [5, 5.41) is 6.95. The Morgan fingerprint density at radius 3 is 2.88 bits per heavy atom. The van der Waals surface area contributed by atoms with E-state index in [0.717, 1.165) is 17.7 Å². The van der Waals surface area contributed by atoms with Gasteiger partial charge in [0.2, 0.25) is 0 Å². The summed E-state index contributed by atoms with van der Waals surface area (Å²) < 4.78 is 7.02. The average molecular weight is 325 g/mol. The van der Waals surface area contributed by atoms with Gasteiger partial charge < -0.3 is 10.1 Å². The second kappa shape index (κ2) is 9.41. The highest BCUT2D eigenvalue weighted by atomic mass is 16.5. The molecule has 5 heteroatoms. The van der Waals surface area contributed by atoms with Crippen LogP contribution in [0, 0.1) is 17.8 Å². The summed E-state index contributed by atoms with van der Waals surface area (Å²) in [5.74, 6) is 6.62. The van der Waals surface area contributed by atoms with Crippen molar-refractivity contribution in [3.63, 3.8) is 0 Å². The van der Waals surface area contributed by atoms with Crippen molar-refractivity contribution in [2.45, 2.75) is 33.4 Å². The van der Waals surface area contributed by atoms with Gasteiger partial charge >= 0.3 is 6.09 Å². The van der Waals surface area contributed by atoms with Crippen LogP contribution in [0.1, 0.15) is 31.4 Å². The molecule has 0 saturated carbocycles. The van der Waals surface area contributed by atoms with Crippen molar-refractivity contribution < 1.29 is 9.53 Å². The van der Waals surface area contributed by atoms with Crippen LogP contribution in [0.2, 0.25) is 0 Å². The number of nitrogens with zero attached hydrogens (tertiary/aromatic N) is 2. The third kappa shape index (κ3) is 6.57. The van der Waals surface area contributed by atoms with Gasteiger partial charge in [0.05, 0.1) is 11.8 Å². The number of aromatic nitrogens is 2. The molecule has 0 radical (unpaired) electrons. The number of hydrogen-bond acceptors (Lipinski definition) is 3. The van der Waals surface area contributed by atoms with Crippen LogP contribution >= 0.6 is 0 Å². The van der Waals surface area contributed by atoms with Crippen molar-refractivity contribution in [3.8, 4) is 11.8 Å². The minimum Gasteiger partial charge on any atom is -0.445 e. The molecular formula is C19H23N3O2. The van der Waals surface area contributed by atoms with Gasteiger partial charge in [0.1, 0.15) is 6.61 Å². The molecule has 1 heterocycles. The summed E-state index contributed by atoms with van der Waals surface area (Å²) in [6.45, 7) is 5.91. The van der Waals surface area contributed by atoms with Gasteiger partial charge in [0.25, 0.3) is 0 Å². The molecule has 0 aliphatic carbocycles. The highest BCUT2D eigenvalue weighted by molar-refractivity contribution is 5.67. The second-order valence-corrected chi connectivity index (χ2v) is 5.89. The first kappa shape index (κ1) is 17.6. The first-order valence-corrected chi connectivity index (χ1v) is 8.09. The first-order valence-electron chi connectivity index (χ1n) is 8.09. The number of amides is 1. The Kier molecular flexibility index (Phi) is 6.91. The quantitative estimate of drug-likeness (QED) is 0.655. The number of carbonyl (C=O) groups excluding carboxylic acids is 1. The second-order valence-electron chi connectivity index (χ2n) is 5.89. The number of carbonyl (C=O) groups is 1. The number of nitrogens with one attached hydrogen (secondary N) is 1. The Bertz CT molecular complexity index is 696. The molecular weight excluding hydrogens is 302 g/mol. The molecule has 0 aliphatic rings. The maximum atomic E-state index is 11.6. The fraction of sp³-hybridized carbons (Fsp3) is 0.368. The molecule has 0 fully saturated rings. The van der Waals surface area contributed by atoms with Crippen LogP contribution in [0.25, 0.3) is 0 Å². The Morgan fingerprint density at radius 1 is 1.33 bits per heavy atom. The molecule has 2 aromatic rings. The fourth-order valence-electron chi connectivity index (χ4n) is 2.07. The standard InChI is InChI=1S/C19H23N3O2/c1-16(2)13-22-14-18(12-21-22)10-6-7-11-20-19(23)24-15-17-8-4-3-5-9-17/h3-5,8-9,12,14,16H,7,11,13,15H2,1-2H3,(H,20,23). The minimum absolute atomic E-state index is 0.271. The van der Waals surface area contributed by atoms with E-state index in [1.807, 2.05) is 41.2 Å². The number of hydrogen-bond donors (Lipinski definition) is 1. The number of alkyl carbamates (subject to hydrolysis) is 1. The molecule has 1 N–H and O–H groups in total. The zero-order valence-corrected chi connectivity index (χ0v) is 14.2. The van der Waals surface area contributed by atoms with Crippen LogP contribution in [0.15, 0.2) is 42.7 Å². The van der Waals surface area contributed by atoms with Crippen LogP contribution in [0.4, 0.5) is 4.79 Å². The molecule has 24 heavy (non-hydrogen) atoms. The molecule has 1 aromatic heterocycles. The third-order valence-electron chi connectivity index (χ3n) is 3.15. The normalized spacial score (nSPS) is 10.1. The lowest BCUT2D eigenvalue weighted by Gasteiger charge is -2.05. The van der Waals surface area contributed by atoms with Gasteiger partial charge in [0, 0.05) is 25.7 Å². The summed E-state index contributed by atoms with van der Waals surface area (Å²) >= 11 is 0. The SMILES string of the molecule is CC(C)Cn1cc(C#CCCNC(=O)OCc2ccccc2)cn1. The fourth-order valence-corrected chi connectivity index (χ4v) is 2.07. The molecule has 0 atom stereocenters. The van der Waals surface area contributed by atoms with Gasteiger partial charge in [-0.25, -0.2) is 4.79 Å². The van der Waals surface area contributed by atoms with Gasteiger partial charge in [-0.3, -0.25) is 4.68 Å². The van der Waals surface area contributed by atoms with Crippen molar-refractivity contribution in [2.24, 2.45) is 5.92 Å². The zero-order chi connectivity index (χ0) is 17.2. The number of benzene rings is 1. The van der Waals surface area contributed by atoms with Crippen molar-refractivity contribution in [1.29, 1.82) is 0 Å². The van der Waals surface area contributed by atoms with E-state index in [2.05, 4.69) is 36.1 Å². The predicted octanol–water partition coefficient (Wildman–Crippen LogP) is 3.21. The van der Waals surface area contributed by atoms with Gasteiger partial charge in [-0.1, -0.05) is 56.0 Å². The molecule has 5 nitrogen and oxygen atoms in total. The molecule has 0 spiro atoms. The molecule has 0 unspecified atom stereocenters. The molecule has 0 aliphatic heterocycles. The maximum absolute atomic E-state index is 11.6. The highest BCUT2D eigenvalue weighted by Crippen LogP contribution is 2.01. The Morgan fingerprint density at radius 2 is 2.12 bits per heavy atom. The largest absolute Gasteiger partial charge is 0.445 e. The van der Waals surface area contributed by atoms with E-state index in [1.165, 1.54) is 0 Å². The van der Waals surface area contributed by atoms with Crippen molar-refractivity contribution >= 4 is 6.09 Å². The van der Waals surface area contributed by atoms with Crippen LogP contribution in [0.3, 0.4) is 0 Å².